The molecule has 214 valence electrons. The van der Waals surface area contributed by atoms with Crippen LogP contribution in [0.4, 0.5) is 0 Å². The van der Waals surface area contributed by atoms with Crippen molar-refractivity contribution in [3.05, 3.63) is 0 Å². The summed E-state index contributed by atoms with van der Waals surface area (Å²) in [4.78, 5) is 35.3. The fraction of sp³-hybridized carbons (Fsp3) is 0.923. The van der Waals surface area contributed by atoms with Gasteiger partial charge in [-0.25, -0.2) is 0 Å². The first kappa shape index (κ1) is 35.0. The molecule has 0 aromatic rings. The van der Waals surface area contributed by atoms with Crippen molar-refractivity contribution in [1.29, 1.82) is 0 Å². The maximum absolute atomic E-state index is 12.2. The number of carbonyl (C=O) groups is 2. The van der Waals surface area contributed by atoms with Crippen LogP contribution in [0.1, 0.15) is 104 Å². The molecule has 0 fully saturated rings. The molecule has 9 nitrogen and oxygen atoms in total. The second-order valence-electron chi connectivity index (χ2n) is 10.5. The van der Waals surface area contributed by atoms with Crippen molar-refractivity contribution < 1.29 is 42.1 Å². The molecule has 0 N–H and O–H groups in total. The Balaban J connectivity index is 4.08. The molecule has 0 heterocycles. The Morgan fingerprint density at radius 2 is 1.31 bits per heavy atom. The summed E-state index contributed by atoms with van der Waals surface area (Å²) < 4.78 is 32.4. The third-order valence-electron chi connectivity index (χ3n) is 5.69. The van der Waals surface area contributed by atoms with E-state index in [1.165, 1.54) is 71.1 Å². The minimum atomic E-state index is -4.57. The fourth-order valence-corrected chi connectivity index (χ4v) is 4.23. The van der Waals surface area contributed by atoms with Crippen LogP contribution >= 0.6 is 7.82 Å². The van der Waals surface area contributed by atoms with E-state index in [-0.39, 0.29) is 19.6 Å². The zero-order valence-corrected chi connectivity index (χ0v) is 24.4. The summed E-state index contributed by atoms with van der Waals surface area (Å²) in [6.45, 7) is 3.15. The SMILES string of the molecule is CCCCCCCCCCCCCCCC(=O)O[C@H](COC(C)=O)COP(=O)([O-])OCC[N+](C)(C)C. The minimum absolute atomic E-state index is 0.0300. The van der Waals surface area contributed by atoms with E-state index >= 15 is 0 Å². The Morgan fingerprint density at radius 3 is 1.78 bits per heavy atom. The van der Waals surface area contributed by atoms with E-state index in [0.29, 0.717) is 17.4 Å². The van der Waals surface area contributed by atoms with Gasteiger partial charge in [0, 0.05) is 13.3 Å². The van der Waals surface area contributed by atoms with Crippen LogP contribution in [0.5, 0.6) is 0 Å². The van der Waals surface area contributed by atoms with Crippen molar-refractivity contribution in [3.8, 4) is 0 Å². The monoisotopic (exact) mass is 537 g/mol. The second kappa shape index (κ2) is 21.0. The second-order valence-corrected chi connectivity index (χ2v) is 11.9. The molecule has 1 unspecified atom stereocenters. The molecule has 0 aliphatic heterocycles. The summed E-state index contributed by atoms with van der Waals surface area (Å²) in [6, 6.07) is 0. The van der Waals surface area contributed by atoms with Gasteiger partial charge in [0.25, 0.3) is 7.82 Å². The Bertz CT molecular complexity index is 624. The topological polar surface area (TPSA) is 111 Å². The zero-order valence-electron chi connectivity index (χ0n) is 23.5. The van der Waals surface area contributed by atoms with Crippen LogP contribution in [-0.2, 0) is 32.7 Å². The highest BCUT2D eigenvalue weighted by Gasteiger charge is 2.21. The third kappa shape index (κ3) is 24.7. The van der Waals surface area contributed by atoms with E-state index in [4.69, 9.17) is 18.5 Å². The Kier molecular flexibility index (Phi) is 20.4. The molecule has 0 saturated carbocycles. The normalized spacial score (nSPS) is 14.3. The van der Waals surface area contributed by atoms with Crippen LogP contribution in [0.3, 0.4) is 0 Å². The number of carbonyl (C=O) groups excluding carboxylic acids is 2. The molecule has 36 heavy (non-hydrogen) atoms. The van der Waals surface area contributed by atoms with Gasteiger partial charge < -0.3 is 27.9 Å². The van der Waals surface area contributed by atoms with Crippen molar-refractivity contribution in [1.82, 2.24) is 0 Å². The van der Waals surface area contributed by atoms with Crippen LogP contribution in [0.2, 0.25) is 0 Å². The largest absolute Gasteiger partial charge is 0.756 e. The van der Waals surface area contributed by atoms with Gasteiger partial charge in [-0.15, -0.1) is 0 Å². The summed E-state index contributed by atoms with van der Waals surface area (Å²) in [7, 11) is 1.16. The van der Waals surface area contributed by atoms with Gasteiger partial charge in [0.2, 0.25) is 0 Å². The van der Waals surface area contributed by atoms with Crippen LogP contribution < -0.4 is 4.89 Å². The number of phosphoric acid groups is 1. The van der Waals surface area contributed by atoms with E-state index in [0.717, 1.165) is 12.8 Å². The molecule has 0 aliphatic carbocycles. The number of quaternary nitrogens is 1. The summed E-state index contributed by atoms with van der Waals surface area (Å²) >= 11 is 0. The molecule has 0 bridgehead atoms. The molecule has 0 aromatic heterocycles. The minimum Gasteiger partial charge on any atom is -0.756 e. The Labute approximate surface area is 219 Å². The van der Waals surface area contributed by atoms with E-state index in [2.05, 4.69) is 6.92 Å². The van der Waals surface area contributed by atoms with Crippen LogP contribution in [-0.4, -0.2) is 70.0 Å². The number of unbranched alkanes of at least 4 members (excludes halogenated alkanes) is 12. The third-order valence-corrected chi connectivity index (χ3v) is 6.65. The number of hydrogen-bond acceptors (Lipinski definition) is 8. The predicted molar refractivity (Wildman–Crippen MR) is 139 cm³/mol. The van der Waals surface area contributed by atoms with Crippen LogP contribution in [0.15, 0.2) is 0 Å². The van der Waals surface area contributed by atoms with E-state index < -0.39 is 32.5 Å². The summed E-state index contributed by atoms with van der Waals surface area (Å²) in [5.41, 5.74) is 0. The summed E-state index contributed by atoms with van der Waals surface area (Å²) in [5.74, 6) is -1.03. The molecule has 10 heteroatoms. The number of hydrogen-bond donors (Lipinski definition) is 0. The van der Waals surface area contributed by atoms with Crippen molar-refractivity contribution in [2.24, 2.45) is 0 Å². The maximum atomic E-state index is 12.2. The van der Waals surface area contributed by atoms with Gasteiger partial charge in [-0.05, 0) is 6.42 Å². The highest BCUT2D eigenvalue weighted by Crippen LogP contribution is 2.38. The van der Waals surface area contributed by atoms with E-state index in [1.807, 2.05) is 21.1 Å². The fourth-order valence-electron chi connectivity index (χ4n) is 3.50. The molecule has 0 rings (SSSR count). The number of ether oxygens (including phenoxy) is 2. The maximum Gasteiger partial charge on any atom is 0.306 e. The van der Waals surface area contributed by atoms with Crippen molar-refractivity contribution in [2.45, 2.75) is 110 Å². The van der Waals surface area contributed by atoms with Gasteiger partial charge >= 0.3 is 11.9 Å². The van der Waals surface area contributed by atoms with E-state index in [9.17, 15) is 19.0 Å². The lowest BCUT2D eigenvalue weighted by molar-refractivity contribution is -0.870. The smallest absolute Gasteiger partial charge is 0.306 e. The standard InChI is InChI=1S/C26H52NO8P/c1-6-7-8-9-10-11-12-13-14-15-16-17-18-19-26(29)35-25(22-32-24(2)28)23-34-36(30,31)33-21-20-27(3,4)5/h25H,6-23H2,1-5H3/t25-/m1/s1. The van der Waals surface area contributed by atoms with E-state index in [1.54, 1.807) is 0 Å². The molecule has 0 saturated heterocycles. The Hall–Kier alpha value is -0.990. The predicted octanol–water partition coefficient (Wildman–Crippen LogP) is 5.15. The first-order chi connectivity index (χ1) is 16.9. The quantitative estimate of drug-likeness (QED) is 0.0719. The average molecular weight is 538 g/mol. The van der Waals surface area contributed by atoms with Crippen LogP contribution in [0.25, 0.3) is 0 Å². The van der Waals surface area contributed by atoms with Gasteiger partial charge in [0.05, 0.1) is 27.7 Å². The van der Waals surface area contributed by atoms with Crippen molar-refractivity contribution >= 4 is 19.8 Å². The molecule has 0 aromatic carbocycles. The molecule has 0 spiro atoms. The number of nitrogens with zero attached hydrogens (tertiary/aromatic N) is 1. The number of rotatable bonds is 24. The molecule has 0 amide bonds. The lowest BCUT2D eigenvalue weighted by Gasteiger charge is -2.28. The number of phosphoric ester groups is 1. The van der Waals surface area contributed by atoms with Gasteiger partial charge in [-0.2, -0.15) is 0 Å². The zero-order chi connectivity index (χ0) is 27.3. The first-order valence-electron chi connectivity index (χ1n) is 13.7. The molecule has 0 radical (unpaired) electrons. The molecule has 2 atom stereocenters. The Morgan fingerprint density at radius 1 is 0.806 bits per heavy atom. The van der Waals surface area contributed by atoms with Gasteiger partial charge in [0.15, 0.2) is 6.10 Å². The molecule has 0 aliphatic rings. The first-order valence-corrected chi connectivity index (χ1v) is 15.1. The summed E-state index contributed by atoms with van der Waals surface area (Å²) in [6.07, 6.45) is 14.9. The van der Waals surface area contributed by atoms with Crippen molar-refractivity contribution in [3.63, 3.8) is 0 Å². The number of esters is 2. The highest BCUT2D eigenvalue weighted by molar-refractivity contribution is 7.45. The van der Waals surface area contributed by atoms with Gasteiger partial charge in [-0.3, -0.25) is 14.2 Å². The van der Waals surface area contributed by atoms with Crippen LogP contribution in [0, 0.1) is 0 Å². The average Bonchev–Trinajstić information content (AvgIpc) is 2.77. The summed E-state index contributed by atoms with van der Waals surface area (Å²) in [5, 5.41) is 0. The molecular weight excluding hydrogens is 485 g/mol. The lowest BCUT2D eigenvalue weighted by atomic mass is 10.0. The highest BCUT2D eigenvalue weighted by atomic mass is 31.2. The van der Waals surface area contributed by atoms with Gasteiger partial charge in [-0.1, -0.05) is 84.0 Å². The number of likely N-dealkylation sites (N-methyl/N-ethyl adjacent to an activating group) is 1. The lowest BCUT2D eigenvalue weighted by Crippen LogP contribution is -2.37. The van der Waals surface area contributed by atoms with Gasteiger partial charge in [0.1, 0.15) is 19.8 Å². The van der Waals surface area contributed by atoms with Crippen molar-refractivity contribution in [2.75, 3.05) is 47.5 Å². The molecular formula is C26H52NO8P.